The van der Waals surface area contributed by atoms with Crippen molar-refractivity contribution in [2.45, 2.75) is 44.4 Å². The van der Waals surface area contributed by atoms with E-state index in [9.17, 15) is 23.1 Å². The summed E-state index contributed by atoms with van der Waals surface area (Å²) < 4.78 is 38.3. The molecular formula is C17H22F3NO2. The van der Waals surface area contributed by atoms with Gasteiger partial charge in [0.15, 0.2) is 0 Å². The van der Waals surface area contributed by atoms with Gasteiger partial charge in [0.2, 0.25) is 5.91 Å². The van der Waals surface area contributed by atoms with Crippen LogP contribution in [0.5, 0.6) is 0 Å². The fourth-order valence-corrected chi connectivity index (χ4v) is 3.04. The lowest BCUT2D eigenvalue weighted by molar-refractivity contribution is -0.186. The lowest BCUT2D eigenvalue weighted by Crippen LogP contribution is -2.37. The zero-order valence-corrected chi connectivity index (χ0v) is 12.9. The molecule has 0 heterocycles. The van der Waals surface area contributed by atoms with Gasteiger partial charge in [0.05, 0.1) is 12.0 Å². The van der Waals surface area contributed by atoms with Crippen LogP contribution < -0.4 is 5.32 Å². The average Bonchev–Trinajstić information content (AvgIpc) is 2.54. The Hall–Kier alpha value is -1.56. The molecule has 1 fully saturated rings. The van der Waals surface area contributed by atoms with Crippen molar-refractivity contribution in [2.75, 3.05) is 6.54 Å². The molecule has 23 heavy (non-hydrogen) atoms. The van der Waals surface area contributed by atoms with E-state index in [4.69, 9.17) is 0 Å². The second-order valence-electron chi connectivity index (χ2n) is 6.11. The molecule has 3 nitrogen and oxygen atoms in total. The third-order valence-electron chi connectivity index (χ3n) is 4.41. The molecule has 0 aliphatic heterocycles. The van der Waals surface area contributed by atoms with Gasteiger partial charge in [0.1, 0.15) is 0 Å². The number of alkyl halides is 3. The molecule has 0 aromatic heterocycles. The zero-order valence-electron chi connectivity index (χ0n) is 12.9. The van der Waals surface area contributed by atoms with Crippen LogP contribution in [0.15, 0.2) is 30.3 Å². The van der Waals surface area contributed by atoms with Crippen LogP contribution in [0.2, 0.25) is 0 Å². The Bertz CT molecular complexity index is 504. The van der Waals surface area contributed by atoms with Crippen LogP contribution in [0, 0.1) is 11.8 Å². The van der Waals surface area contributed by atoms with Crippen LogP contribution >= 0.6 is 0 Å². The first-order chi connectivity index (χ1) is 10.9. The number of carbonyl (C=O) groups excluding carboxylic acids is 1. The Morgan fingerprint density at radius 2 is 1.96 bits per heavy atom. The number of halogens is 3. The molecule has 3 atom stereocenters. The van der Waals surface area contributed by atoms with Crippen molar-refractivity contribution in [3.05, 3.63) is 35.9 Å². The lowest BCUT2D eigenvalue weighted by Gasteiger charge is -2.29. The number of rotatable bonds is 5. The minimum absolute atomic E-state index is 0.111. The summed E-state index contributed by atoms with van der Waals surface area (Å²) in [4.78, 5) is 12.0. The lowest BCUT2D eigenvalue weighted by atomic mass is 9.80. The Morgan fingerprint density at radius 3 is 2.61 bits per heavy atom. The third kappa shape index (κ3) is 5.23. The SMILES string of the molecule is O=C(NCCC(O)c1ccccc1)C1CCCC(C(F)(F)F)C1. The number of hydrogen-bond acceptors (Lipinski definition) is 2. The second-order valence-corrected chi connectivity index (χ2v) is 6.11. The van der Waals surface area contributed by atoms with Crippen molar-refractivity contribution >= 4 is 5.91 Å². The number of nitrogens with one attached hydrogen (secondary N) is 1. The van der Waals surface area contributed by atoms with E-state index in [1.165, 1.54) is 0 Å². The Morgan fingerprint density at radius 1 is 1.26 bits per heavy atom. The van der Waals surface area contributed by atoms with Gasteiger partial charge in [-0.25, -0.2) is 0 Å². The van der Waals surface area contributed by atoms with Gasteiger partial charge in [0, 0.05) is 12.5 Å². The van der Waals surface area contributed by atoms with E-state index in [1.54, 1.807) is 12.1 Å². The van der Waals surface area contributed by atoms with Gasteiger partial charge in [0.25, 0.3) is 0 Å². The Kier molecular flexibility index (Phi) is 6.04. The summed E-state index contributed by atoms with van der Waals surface area (Å²) in [7, 11) is 0. The molecule has 6 heteroatoms. The van der Waals surface area contributed by atoms with E-state index < -0.39 is 24.1 Å². The molecule has 1 saturated carbocycles. The molecule has 0 saturated heterocycles. The molecule has 0 radical (unpaired) electrons. The quantitative estimate of drug-likeness (QED) is 0.867. The number of benzene rings is 1. The molecule has 0 spiro atoms. The number of aliphatic hydroxyl groups excluding tert-OH is 1. The first-order valence-electron chi connectivity index (χ1n) is 7.95. The van der Waals surface area contributed by atoms with E-state index in [1.807, 2.05) is 18.2 Å². The van der Waals surface area contributed by atoms with Gasteiger partial charge in [-0.2, -0.15) is 13.2 Å². The van der Waals surface area contributed by atoms with Crippen molar-refractivity contribution in [2.24, 2.45) is 11.8 Å². The van der Waals surface area contributed by atoms with E-state index in [-0.39, 0.29) is 25.3 Å². The van der Waals surface area contributed by atoms with Crippen LogP contribution in [0.1, 0.15) is 43.8 Å². The van der Waals surface area contributed by atoms with Crippen molar-refractivity contribution in [1.82, 2.24) is 5.32 Å². The maximum Gasteiger partial charge on any atom is 0.391 e. The predicted octanol–water partition coefficient (Wildman–Crippen LogP) is 3.60. The molecule has 3 unspecified atom stereocenters. The van der Waals surface area contributed by atoms with Crippen LogP contribution in [0.4, 0.5) is 13.2 Å². The first kappa shape index (κ1) is 17.8. The van der Waals surface area contributed by atoms with E-state index >= 15 is 0 Å². The molecule has 2 N–H and O–H groups in total. The predicted molar refractivity (Wildman–Crippen MR) is 80.5 cm³/mol. The average molecular weight is 329 g/mol. The first-order valence-corrected chi connectivity index (χ1v) is 7.95. The van der Waals surface area contributed by atoms with Gasteiger partial charge in [-0.15, -0.1) is 0 Å². The highest BCUT2D eigenvalue weighted by Gasteiger charge is 2.43. The number of hydrogen-bond donors (Lipinski definition) is 2. The van der Waals surface area contributed by atoms with Gasteiger partial charge in [-0.3, -0.25) is 4.79 Å². The Balaban J connectivity index is 1.76. The zero-order chi connectivity index (χ0) is 16.9. The van der Waals surface area contributed by atoms with Gasteiger partial charge in [-0.1, -0.05) is 36.8 Å². The summed E-state index contributed by atoms with van der Waals surface area (Å²) in [5, 5.41) is 12.7. The fourth-order valence-electron chi connectivity index (χ4n) is 3.04. The summed E-state index contributed by atoms with van der Waals surface area (Å²) in [5.74, 6) is -2.29. The monoisotopic (exact) mass is 329 g/mol. The largest absolute Gasteiger partial charge is 0.391 e. The smallest absolute Gasteiger partial charge is 0.388 e. The summed E-state index contributed by atoms with van der Waals surface area (Å²) in [5.41, 5.74) is 0.761. The standard InChI is InChI=1S/C17H22F3NO2/c18-17(19,20)14-8-4-7-13(11-14)16(23)21-10-9-15(22)12-5-2-1-3-6-12/h1-3,5-6,13-15,22H,4,7-11H2,(H,21,23). The topological polar surface area (TPSA) is 49.3 Å². The molecule has 1 aliphatic rings. The number of aliphatic hydroxyl groups is 1. The maximum atomic E-state index is 12.8. The molecule has 0 bridgehead atoms. The van der Waals surface area contributed by atoms with Crippen molar-refractivity contribution in [3.8, 4) is 0 Å². The minimum atomic E-state index is -4.22. The van der Waals surface area contributed by atoms with E-state index in [2.05, 4.69) is 5.32 Å². The molecule has 128 valence electrons. The second kappa shape index (κ2) is 7.81. The van der Waals surface area contributed by atoms with E-state index in [0.29, 0.717) is 19.3 Å². The Labute approximate surface area is 133 Å². The summed E-state index contributed by atoms with van der Waals surface area (Å²) in [6.07, 6.45) is -3.66. The molecule has 1 aliphatic carbocycles. The highest BCUT2D eigenvalue weighted by atomic mass is 19.4. The van der Waals surface area contributed by atoms with Crippen molar-refractivity contribution in [3.63, 3.8) is 0 Å². The van der Waals surface area contributed by atoms with Crippen LogP contribution in [-0.4, -0.2) is 23.7 Å². The molecular weight excluding hydrogens is 307 g/mol. The van der Waals surface area contributed by atoms with Crippen LogP contribution in [0.25, 0.3) is 0 Å². The molecule has 1 amide bonds. The summed E-state index contributed by atoms with van der Waals surface area (Å²) in [6, 6.07) is 9.06. The van der Waals surface area contributed by atoms with Gasteiger partial charge in [-0.05, 0) is 31.2 Å². The van der Waals surface area contributed by atoms with Gasteiger partial charge < -0.3 is 10.4 Å². The minimum Gasteiger partial charge on any atom is -0.388 e. The van der Waals surface area contributed by atoms with Crippen LogP contribution in [-0.2, 0) is 4.79 Å². The highest BCUT2D eigenvalue weighted by Crippen LogP contribution is 2.39. The maximum absolute atomic E-state index is 12.8. The third-order valence-corrected chi connectivity index (χ3v) is 4.41. The molecule has 1 aromatic carbocycles. The van der Waals surface area contributed by atoms with Gasteiger partial charge >= 0.3 is 6.18 Å². The van der Waals surface area contributed by atoms with Crippen LogP contribution in [0.3, 0.4) is 0 Å². The number of carbonyl (C=O) groups is 1. The normalized spacial score (nSPS) is 23.3. The number of amides is 1. The molecule has 1 aromatic rings. The van der Waals surface area contributed by atoms with Crippen molar-refractivity contribution < 1.29 is 23.1 Å². The fraction of sp³-hybridized carbons (Fsp3) is 0.588. The summed E-state index contributed by atoms with van der Waals surface area (Å²) >= 11 is 0. The summed E-state index contributed by atoms with van der Waals surface area (Å²) in [6.45, 7) is 0.252. The molecule has 2 rings (SSSR count). The van der Waals surface area contributed by atoms with E-state index in [0.717, 1.165) is 5.56 Å². The van der Waals surface area contributed by atoms with Crippen molar-refractivity contribution in [1.29, 1.82) is 0 Å². The highest BCUT2D eigenvalue weighted by molar-refractivity contribution is 5.78.